The van der Waals surface area contributed by atoms with E-state index in [1.54, 1.807) is 30.8 Å². The number of rotatable bonds is 11. The first-order valence-electron chi connectivity index (χ1n) is 28.7. The molecule has 0 spiro atoms. The number of imide groups is 1. The molecule has 18 heteroatoms. The largest absolute Gasteiger partial charge is 0.461 e. The molecule has 0 aliphatic carbocycles. The van der Waals surface area contributed by atoms with E-state index in [-0.39, 0.29) is 58.5 Å². The average Bonchev–Trinajstić information content (AvgIpc) is 4.25. The highest BCUT2D eigenvalue weighted by Gasteiger charge is 2.50. The molecule has 3 amide bonds. The van der Waals surface area contributed by atoms with Crippen molar-refractivity contribution in [1.82, 2.24) is 44.1 Å². The molecule has 16 nitrogen and oxygen atoms in total. The third-order valence-corrected chi connectivity index (χ3v) is 18.3. The van der Waals surface area contributed by atoms with Crippen LogP contribution in [0.4, 0.5) is 19.4 Å². The van der Waals surface area contributed by atoms with Crippen LogP contribution in [0.15, 0.2) is 53.5 Å². The molecule has 6 fully saturated rings. The van der Waals surface area contributed by atoms with Crippen molar-refractivity contribution < 1.29 is 32.6 Å². The summed E-state index contributed by atoms with van der Waals surface area (Å²) in [6, 6.07) is 12.5. The molecule has 6 aromatic rings. The molecule has 0 bridgehead atoms. The van der Waals surface area contributed by atoms with E-state index in [9.17, 15) is 19.2 Å². The summed E-state index contributed by atoms with van der Waals surface area (Å²) in [7, 11) is 1.74. The summed E-state index contributed by atoms with van der Waals surface area (Å²) >= 11 is 0. The van der Waals surface area contributed by atoms with Gasteiger partial charge in [0.1, 0.15) is 42.1 Å². The molecule has 414 valence electrons. The number of nitrogens with one attached hydrogen (secondary N) is 1. The number of likely N-dealkylation sites (tertiary alicyclic amines) is 2. The van der Waals surface area contributed by atoms with Crippen LogP contribution in [-0.2, 0) is 21.4 Å². The van der Waals surface area contributed by atoms with Crippen molar-refractivity contribution in [2.24, 2.45) is 13.0 Å². The summed E-state index contributed by atoms with van der Waals surface area (Å²) in [5, 5.41) is 4.13. The second-order valence-corrected chi connectivity index (χ2v) is 23.1. The fraction of sp³-hybridized carbons (Fsp3) is 0.525. The highest BCUT2D eigenvalue weighted by atomic mass is 19.1. The summed E-state index contributed by atoms with van der Waals surface area (Å²) in [5.41, 5.74) is 3.84. The van der Waals surface area contributed by atoms with Gasteiger partial charge >= 0.3 is 17.8 Å². The Balaban J connectivity index is 0.663. The summed E-state index contributed by atoms with van der Waals surface area (Å²) in [4.78, 5) is 75.1. The first-order chi connectivity index (χ1) is 38.4. The number of aryl methyl sites for hydroxylation is 2. The van der Waals surface area contributed by atoms with Crippen LogP contribution in [0.1, 0.15) is 125 Å². The summed E-state index contributed by atoms with van der Waals surface area (Å²) in [6.45, 7) is 10.9. The Morgan fingerprint density at radius 3 is 2.43 bits per heavy atom. The molecule has 3 aromatic heterocycles. The van der Waals surface area contributed by atoms with Crippen molar-refractivity contribution >= 4 is 56.4 Å². The lowest BCUT2D eigenvalue weighted by Crippen LogP contribution is -2.48. The predicted molar refractivity (Wildman–Crippen MR) is 298 cm³/mol. The second-order valence-electron chi connectivity index (χ2n) is 23.1. The van der Waals surface area contributed by atoms with E-state index in [4.69, 9.17) is 24.4 Å². The summed E-state index contributed by atoms with van der Waals surface area (Å²) < 4.78 is 48.6. The molecule has 3 atom stereocenters. The van der Waals surface area contributed by atoms with E-state index in [1.807, 2.05) is 30.0 Å². The van der Waals surface area contributed by atoms with E-state index in [0.717, 1.165) is 133 Å². The minimum Gasteiger partial charge on any atom is -0.461 e. The van der Waals surface area contributed by atoms with Crippen LogP contribution in [0.3, 0.4) is 0 Å². The number of anilines is 1. The maximum Gasteiger partial charge on any atom is 0.409 e. The number of aromatic nitrogens is 5. The number of ether oxygens (including phenoxy) is 2. The van der Waals surface area contributed by atoms with Gasteiger partial charge in [-0.25, -0.2) is 18.4 Å². The van der Waals surface area contributed by atoms with Crippen LogP contribution in [0.2, 0.25) is 0 Å². The minimum absolute atomic E-state index is 0.0517. The van der Waals surface area contributed by atoms with E-state index in [0.29, 0.717) is 72.2 Å². The molecular weight excluding hydrogens is 1010 g/mol. The molecule has 9 heterocycles. The Bertz CT molecular complexity index is 3490. The Kier molecular flexibility index (Phi) is 14.6. The van der Waals surface area contributed by atoms with Gasteiger partial charge in [-0.15, -0.1) is 5.92 Å². The first kappa shape index (κ1) is 52.7. The normalized spacial score (nSPS) is 22.8. The summed E-state index contributed by atoms with van der Waals surface area (Å²) in [5.74, 6) is 5.37. The topological polar surface area (TPSA) is 160 Å². The molecule has 79 heavy (non-hydrogen) atoms. The second kappa shape index (κ2) is 21.9. The molecule has 0 saturated carbocycles. The smallest absolute Gasteiger partial charge is 0.409 e. The zero-order valence-electron chi connectivity index (χ0n) is 45.6. The lowest BCUT2D eigenvalue weighted by molar-refractivity contribution is -0.135. The lowest BCUT2D eigenvalue weighted by atomic mass is 9.88. The van der Waals surface area contributed by atoms with Crippen molar-refractivity contribution in [3.8, 4) is 29.1 Å². The maximum absolute atomic E-state index is 17.4. The molecule has 1 unspecified atom stereocenters. The molecule has 3 aromatic carbocycles. The third kappa shape index (κ3) is 10.1. The number of hydrogen-bond acceptors (Lipinski definition) is 12. The number of amides is 3. The number of benzene rings is 3. The van der Waals surface area contributed by atoms with Crippen molar-refractivity contribution in [2.45, 2.75) is 127 Å². The summed E-state index contributed by atoms with van der Waals surface area (Å²) in [6.07, 6.45) is 13.6. The molecule has 1 N–H and O–H groups in total. The number of carbonyl (C=O) groups is 3. The highest BCUT2D eigenvalue weighted by Crippen LogP contribution is 2.44. The van der Waals surface area contributed by atoms with E-state index >= 15 is 8.78 Å². The SMILES string of the molecule is CC#Cc1c(F)ccc2cc(C)cc(-c3ncc4c(N5CCCCCC5)nc(OC[C@@]56CCCN5[C@H](COC(=O)N5CCC(CN7CCC(c8ccc9c(c8)n(C)c(=O)n9C8CCC(=O)NC8=O)CC7)CC5)CC6)nc4c3F)c12. The molecule has 6 aliphatic rings. The Hall–Kier alpha value is -6.97. The van der Waals surface area contributed by atoms with Crippen LogP contribution >= 0.6 is 0 Å². The number of hydrogen-bond donors (Lipinski definition) is 1. The van der Waals surface area contributed by atoms with Crippen LogP contribution in [0.5, 0.6) is 6.01 Å². The van der Waals surface area contributed by atoms with Gasteiger partial charge in [-0.3, -0.25) is 33.9 Å². The quantitative estimate of drug-likeness (QED) is 0.0971. The molecule has 6 saturated heterocycles. The fourth-order valence-corrected chi connectivity index (χ4v) is 14.0. The number of piperidine rings is 3. The van der Waals surface area contributed by atoms with E-state index < -0.39 is 23.6 Å². The number of fused-ring (bicyclic) bond motifs is 4. The van der Waals surface area contributed by atoms with E-state index in [1.165, 1.54) is 16.2 Å². The van der Waals surface area contributed by atoms with Crippen LogP contribution in [-0.4, -0.2) is 134 Å². The zero-order valence-corrected chi connectivity index (χ0v) is 45.6. The predicted octanol–water partition coefficient (Wildman–Crippen LogP) is 8.92. The maximum atomic E-state index is 17.4. The van der Waals surface area contributed by atoms with Gasteiger partial charge in [0.2, 0.25) is 11.8 Å². The molecule has 12 rings (SSSR count). The van der Waals surface area contributed by atoms with Gasteiger partial charge in [-0.2, -0.15) is 9.97 Å². The number of halogens is 2. The Labute approximate surface area is 458 Å². The fourth-order valence-electron chi connectivity index (χ4n) is 14.0. The molecular formula is C61H70F2N10O6. The highest BCUT2D eigenvalue weighted by molar-refractivity contribution is 6.03. The number of nitrogens with zero attached hydrogens (tertiary/aromatic N) is 9. The number of carbonyl (C=O) groups excluding carboxylic acids is 3. The van der Waals surface area contributed by atoms with Gasteiger partial charge in [0.25, 0.3) is 0 Å². The first-order valence-corrected chi connectivity index (χ1v) is 28.7. The van der Waals surface area contributed by atoms with Gasteiger partial charge in [-0.05, 0) is 157 Å². The molecule has 0 radical (unpaired) electrons. The van der Waals surface area contributed by atoms with Crippen molar-refractivity contribution in [2.75, 3.05) is 70.5 Å². The van der Waals surface area contributed by atoms with Crippen LogP contribution < -0.4 is 20.6 Å². The van der Waals surface area contributed by atoms with Gasteiger partial charge < -0.3 is 24.2 Å². The van der Waals surface area contributed by atoms with Crippen molar-refractivity contribution in [3.05, 3.63) is 87.5 Å². The lowest BCUT2D eigenvalue weighted by Gasteiger charge is -2.38. The Morgan fingerprint density at radius 2 is 1.66 bits per heavy atom. The van der Waals surface area contributed by atoms with Gasteiger partial charge in [-0.1, -0.05) is 37.0 Å². The van der Waals surface area contributed by atoms with Crippen molar-refractivity contribution in [1.29, 1.82) is 0 Å². The molecule has 6 aliphatic heterocycles. The average molecular weight is 1080 g/mol. The van der Waals surface area contributed by atoms with Gasteiger partial charge in [0, 0.05) is 69.4 Å². The number of imidazole rings is 1. The van der Waals surface area contributed by atoms with E-state index in [2.05, 4.69) is 44.0 Å². The Morgan fingerprint density at radius 1 is 0.861 bits per heavy atom. The van der Waals surface area contributed by atoms with Gasteiger partial charge in [0.15, 0.2) is 5.82 Å². The third-order valence-electron chi connectivity index (χ3n) is 18.3. The standard InChI is InChI=1S/C61H70F2N10O6/c1-4-10-44-47(62)13-11-42-31-38(2)32-45(52(42)44)54-53(63)55-46(34-64-54)56(70-24-7-5-6-8-25-70)67-58(66-55)79-37-61-22-9-26-72(61)43(17-23-61)36-78-60(77)71-29-18-39(19-30-71)35-69-27-20-40(21-28-69)41-12-14-48-50(33-41)68(3)59(76)73(48)49-15-16-51(74)65-57(49)75/h11-14,31-34,39-40,43,49H,5-9,15-30,35-37H2,1-3H3,(H,65,74,75)/t43-,49?,61-/m0/s1. The van der Waals surface area contributed by atoms with Crippen LogP contribution in [0.25, 0.3) is 44.0 Å². The van der Waals surface area contributed by atoms with Crippen molar-refractivity contribution in [3.63, 3.8) is 0 Å². The zero-order chi connectivity index (χ0) is 54.5. The number of pyridine rings is 1. The minimum atomic E-state index is -0.702. The van der Waals surface area contributed by atoms with Crippen LogP contribution in [0, 0.1) is 36.3 Å². The van der Waals surface area contributed by atoms with Gasteiger partial charge in [0.05, 0.1) is 27.5 Å². The monoisotopic (exact) mass is 1080 g/mol.